The minimum atomic E-state index is -0.0716. The lowest BCUT2D eigenvalue weighted by Crippen LogP contribution is -2.35. The van der Waals surface area contributed by atoms with E-state index in [0.29, 0.717) is 15.9 Å². The van der Waals surface area contributed by atoms with E-state index in [1.54, 1.807) is 29.0 Å². The van der Waals surface area contributed by atoms with E-state index >= 15 is 0 Å². The number of carbonyl (C=O) groups is 1. The van der Waals surface area contributed by atoms with Crippen LogP contribution in [0.1, 0.15) is 26.7 Å². The van der Waals surface area contributed by atoms with Crippen LogP contribution in [0.2, 0.25) is 5.02 Å². The summed E-state index contributed by atoms with van der Waals surface area (Å²) in [6, 6.07) is 6.70. The minimum Gasteiger partial charge on any atom is -0.352 e. The first kappa shape index (κ1) is 15.6. The molecule has 1 aromatic carbocycles. The molecule has 0 aliphatic rings. The fourth-order valence-corrected chi connectivity index (χ4v) is 2.56. The molecule has 1 aromatic heterocycles. The Labute approximate surface area is 128 Å². The van der Waals surface area contributed by atoms with Crippen LogP contribution in [0, 0.1) is 0 Å². The van der Waals surface area contributed by atoms with Gasteiger partial charge in [-0.25, -0.2) is 0 Å². The molecule has 2 rings (SSSR count). The van der Waals surface area contributed by atoms with Crippen molar-refractivity contribution in [1.82, 2.24) is 9.88 Å². The molecule has 0 spiro atoms. The van der Waals surface area contributed by atoms with E-state index < -0.39 is 0 Å². The quantitative estimate of drug-likeness (QED) is 0.923. The molecular formula is C16H19ClN2O2. The zero-order valence-electron chi connectivity index (χ0n) is 12.2. The maximum atomic E-state index is 12.1. The molecule has 4 nitrogen and oxygen atoms in total. The molecule has 0 radical (unpaired) electrons. The highest BCUT2D eigenvalue weighted by atomic mass is 35.5. The summed E-state index contributed by atoms with van der Waals surface area (Å²) < 4.78 is 1.75. The molecule has 1 N–H and O–H groups in total. The van der Waals surface area contributed by atoms with E-state index in [0.717, 1.165) is 12.8 Å². The Morgan fingerprint density at radius 2 is 2.14 bits per heavy atom. The van der Waals surface area contributed by atoms with Gasteiger partial charge in [0, 0.05) is 28.7 Å². The third-order valence-corrected chi connectivity index (χ3v) is 3.62. The summed E-state index contributed by atoms with van der Waals surface area (Å²) >= 11 is 5.99. The first-order valence-electron chi connectivity index (χ1n) is 7.09. The van der Waals surface area contributed by atoms with E-state index in [1.807, 2.05) is 6.92 Å². The predicted octanol–water partition coefficient (Wildman–Crippen LogP) is 2.96. The van der Waals surface area contributed by atoms with Crippen LogP contribution in [0.15, 0.2) is 35.3 Å². The average Bonchev–Trinajstić information content (AvgIpc) is 2.42. The molecule has 1 amide bonds. The van der Waals surface area contributed by atoms with Gasteiger partial charge < -0.3 is 9.88 Å². The number of fused-ring (bicyclic) bond motifs is 1. The van der Waals surface area contributed by atoms with Crippen molar-refractivity contribution in [1.29, 1.82) is 0 Å². The largest absolute Gasteiger partial charge is 0.352 e. The topological polar surface area (TPSA) is 51.1 Å². The van der Waals surface area contributed by atoms with Gasteiger partial charge in [0.15, 0.2) is 5.43 Å². The zero-order valence-corrected chi connectivity index (χ0v) is 13.0. The van der Waals surface area contributed by atoms with Crippen molar-refractivity contribution in [3.8, 4) is 0 Å². The van der Waals surface area contributed by atoms with Crippen LogP contribution in [-0.4, -0.2) is 16.5 Å². The number of amides is 1. The molecule has 1 atom stereocenters. The van der Waals surface area contributed by atoms with Gasteiger partial charge in [-0.2, -0.15) is 0 Å². The third-order valence-electron chi connectivity index (χ3n) is 3.38. The normalized spacial score (nSPS) is 12.3. The second-order valence-corrected chi connectivity index (χ2v) is 5.66. The second-order valence-electron chi connectivity index (χ2n) is 5.23. The van der Waals surface area contributed by atoms with E-state index in [1.165, 1.54) is 6.07 Å². The lowest BCUT2D eigenvalue weighted by molar-refractivity contribution is -0.122. The number of rotatable bonds is 5. The maximum Gasteiger partial charge on any atom is 0.240 e. The predicted molar refractivity (Wildman–Crippen MR) is 85.7 cm³/mol. The minimum absolute atomic E-state index is 0.0686. The van der Waals surface area contributed by atoms with Gasteiger partial charge in [-0.3, -0.25) is 9.59 Å². The van der Waals surface area contributed by atoms with Gasteiger partial charge in [0.05, 0.1) is 5.52 Å². The van der Waals surface area contributed by atoms with Crippen LogP contribution in [0.25, 0.3) is 10.9 Å². The summed E-state index contributed by atoms with van der Waals surface area (Å²) in [4.78, 5) is 23.9. The van der Waals surface area contributed by atoms with E-state index in [4.69, 9.17) is 11.6 Å². The van der Waals surface area contributed by atoms with Gasteiger partial charge in [0.1, 0.15) is 6.54 Å². The summed E-state index contributed by atoms with van der Waals surface area (Å²) in [7, 11) is 0. The van der Waals surface area contributed by atoms with Crippen LogP contribution in [0.4, 0.5) is 0 Å². The SMILES string of the molecule is CCC[C@H](C)NC(=O)Cn1ccc(=O)c2ccc(Cl)cc21. The molecule has 2 aromatic rings. The molecule has 0 fully saturated rings. The average molecular weight is 307 g/mol. The molecular weight excluding hydrogens is 288 g/mol. The van der Waals surface area contributed by atoms with Crippen molar-refractivity contribution < 1.29 is 4.79 Å². The summed E-state index contributed by atoms with van der Waals surface area (Å²) in [5, 5.41) is 4.06. The van der Waals surface area contributed by atoms with Gasteiger partial charge in [-0.05, 0) is 31.5 Å². The lowest BCUT2D eigenvalue weighted by atomic mass is 10.2. The van der Waals surface area contributed by atoms with Crippen LogP contribution >= 0.6 is 11.6 Å². The molecule has 112 valence electrons. The van der Waals surface area contributed by atoms with Crippen LogP contribution in [-0.2, 0) is 11.3 Å². The Balaban J connectivity index is 2.26. The summed E-state index contributed by atoms with van der Waals surface area (Å²) in [5.74, 6) is -0.0686. The van der Waals surface area contributed by atoms with Crippen LogP contribution < -0.4 is 10.7 Å². The molecule has 21 heavy (non-hydrogen) atoms. The summed E-state index contributed by atoms with van der Waals surface area (Å²) in [6.45, 7) is 4.24. The fourth-order valence-electron chi connectivity index (χ4n) is 2.40. The number of carbonyl (C=O) groups excluding carboxylic acids is 1. The molecule has 0 unspecified atom stereocenters. The molecule has 0 aliphatic carbocycles. The van der Waals surface area contributed by atoms with Gasteiger partial charge in [-0.15, -0.1) is 0 Å². The third kappa shape index (κ3) is 3.85. The van der Waals surface area contributed by atoms with Gasteiger partial charge >= 0.3 is 0 Å². The Morgan fingerprint density at radius 1 is 1.38 bits per heavy atom. The van der Waals surface area contributed by atoms with Gasteiger partial charge in [0.2, 0.25) is 5.91 Å². The fraction of sp³-hybridized carbons (Fsp3) is 0.375. The molecule has 1 heterocycles. The molecule has 0 saturated heterocycles. The number of hydrogen-bond donors (Lipinski definition) is 1. The van der Waals surface area contributed by atoms with E-state index in [-0.39, 0.29) is 23.9 Å². The van der Waals surface area contributed by atoms with Crippen molar-refractivity contribution in [3.63, 3.8) is 0 Å². The van der Waals surface area contributed by atoms with Crippen molar-refractivity contribution in [3.05, 3.63) is 45.7 Å². The van der Waals surface area contributed by atoms with Gasteiger partial charge in [0.25, 0.3) is 0 Å². The summed E-state index contributed by atoms with van der Waals surface area (Å²) in [6.07, 6.45) is 3.60. The molecule has 0 saturated carbocycles. The standard InChI is InChI=1S/C16H19ClN2O2/c1-3-4-11(2)18-16(21)10-19-8-7-15(20)13-6-5-12(17)9-14(13)19/h5-9,11H,3-4,10H2,1-2H3,(H,18,21)/t11-/m0/s1. The van der Waals surface area contributed by atoms with E-state index in [9.17, 15) is 9.59 Å². The monoisotopic (exact) mass is 306 g/mol. The highest BCUT2D eigenvalue weighted by Gasteiger charge is 2.09. The van der Waals surface area contributed by atoms with E-state index in [2.05, 4.69) is 12.2 Å². The van der Waals surface area contributed by atoms with Crippen LogP contribution in [0.5, 0.6) is 0 Å². The Bertz CT molecular complexity index is 709. The number of nitrogens with one attached hydrogen (secondary N) is 1. The smallest absolute Gasteiger partial charge is 0.240 e. The number of nitrogens with zero attached hydrogens (tertiary/aromatic N) is 1. The highest BCUT2D eigenvalue weighted by Crippen LogP contribution is 2.16. The highest BCUT2D eigenvalue weighted by molar-refractivity contribution is 6.31. The van der Waals surface area contributed by atoms with Crippen molar-refractivity contribution >= 4 is 28.4 Å². The first-order valence-corrected chi connectivity index (χ1v) is 7.47. The molecule has 0 bridgehead atoms. The first-order chi connectivity index (χ1) is 10.0. The maximum absolute atomic E-state index is 12.1. The van der Waals surface area contributed by atoms with Crippen molar-refractivity contribution in [2.75, 3.05) is 0 Å². The number of benzene rings is 1. The Morgan fingerprint density at radius 3 is 2.86 bits per heavy atom. The Hall–Kier alpha value is -1.81. The molecule has 5 heteroatoms. The summed E-state index contributed by atoms with van der Waals surface area (Å²) in [5.41, 5.74) is 0.603. The second kappa shape index (κ2) is 6.76. The Kier molecular flexibility index (Phi) is 5.02. The number of halogens is 1. The number of aromatic nitrogens is 1. The van der Waals surface area contributed by atoms with Crippen LogP contribution in [0.3, 0.4) is 0 Å². The zero-order chi connectivity index (χ0) is 15.4. The number of pyridine rings is 1. The van der Waals surface area contributed by atoms with Gasteiger partial charge in [-0.1, -0.05) is 24.9 Å². The molecule has 0 aliphatic heterocycles. The van der Waals surface area contributed by atoms with Crippen molar-refractivity contribution in [2.45, 2.75) is 39.3 Å². The lowest BCUT2D eigenvalue weighted by Gasteiger charge is -2.15. The number of hydrogen-bond acceptors (Lipinski definition) is 2. The van der Waals surface area contributed by atoms with Crippen molar-refractivity contribution in [2.24, 2.45) is 0 Å².